The Morgan fingerprint density at radius 2 is 1.91 bits per heavy atom. The van der Waals surface area contributed by atoms with E-state index in [1.807, 2.05) is 25.1 Å². The van der Waals surface area contributed by atoms with Crippen molar-refractivity contribution in [3.05, 3.63) is 35.9 Å². The second-order valence-corrected chi connectivity index (χ2v) is 7.56. The first kappa shape index (κ1) is 18.3. The van der Waals surface area contributed by atoms with E-state index in [9.17, 15) is 4.79 Å². The van der Waals surface area contributed by atoms with Crippen molar-refractivity contribution in [2.24, 2.45) is 0 Å². The molecule has 1 aromatic rings. The van der Waals surface area contributed by atoms with E-state index < -0.39 is 0 Å². The van der Waals surface area contributed by atoms with Crippen molar-refractivity contribution in [3.8, 4) is 0 Å². The largest absolute Gasteiger partial charge is 0.355 e. The van der Waals surface area contributed by atoms with E-state index in [0.29, 0.717) is 0 Å². The Labute approximate surface area is 144 Å². The highest BCUT2D eigenvalue weighted by molar-refractivity contribution is 7.99. The van der Waals surface area contributed by atoms with Crippen LogP contribution in [0.25, 0.3) is 0 Å². The Bertz CT molecular complexity index is 461. The van der Waals surface area contributed by atoms with E-state index in [1.165, 1.54) is 5.56 Å². The van der Waals surface area contributed by atoms with Crippen molar-refractivity contribution in [2.75, 3.05) is 46.3 Å². The summed E-state index contributed by atoms with van der Waals surface area (Å²) in [6.45, 7) is 8.45. The number of nitrogens with one attached hydrogen (secondary N) is 1. The van der Waals surface area contributed by atoms with Gasteiger partial charge in [0.05, 0.1) is 5.25 Å². The molecule has 1 aliphatic rings. The Morgan fingerprint density at radius 1 is 1.22 bits per heavy atom. The first-order valence-electron chi connectivity index (χ1n) is 8.49. The zero-order valence-electron chi connectivity index (χ0n) is 14.3. The smallest absolute Gasteiger partial charge is 0.232 e. The second-order valence-electron chi connectivity index (χ2n) is 6.23. The molecule has 0 unspecified atom stereocenters. The van der Waals surface area contributed by atoms with Crippen LogP contribution in [0.1, 0.15) is 18.9 Å². The van der Waals surface area contributed by atoms with Gasteiger partial charge in [-0.2, -0.15) is 0 Å². The quantitative estimate of drug-likeness (QED) is 0.738. The van der Waals surface area contributed by atoms with Crippen LogP contribution in [-0.4, -0.2) is 67.3 Å². The molecule has 0 bridgehead atoms. The summed E-state index contributed by atoms with van der Waals surface area (Å²) in [7, 11) is 2.17. The molecule has 1 N–H and O–H groups in total. The molecule has 1 atom stereocenters. The van der Waals surface area contributed by atoms with Crippen LogP contribution in [0.3, 0.4) is 0 Å². The number of likely N-dealkylation sites (N-methyl/N-ethyl adjacent to an activating group) is 1. The topological polar surface area (TPSA) is 35.6 Å². The molecule has 1 fully saturated rings. The predicted octanol–water partition coefficient (Wildman–Crippen LogP) is 2.06. The molecule has 128 valence electrons. The zero-order valence-corrected chi connectivity index (χ0v) is 15.1. The summed E-state index contributed by atoms with van der Waals surface area (Å²) in [6.07, 6.45) is 1.03. The van der Waals surface area contributed by atoms with Crippen molar-refractivity contribution in [3.63, 3.8) is 0 Å². The van der Waals surface area contributed by atoms with Gasteiger partial charge in [0.1, 0.15) is 0 Å². The number of rotatable bonds is 8. The third kappa shape index (κ3) is 6.94. The van der Waals surface area contributed by atoms with Gasteiger partial charge in [0.25, 0.3) is 0 Å². The first-order chi connectivity index (χ1) is 11.1. The Morgan fingerprint density at radius 3 is 2.61 bits per heavy atom. The third-order valence-electron chi connectivity index (χ3n) is 4.26. The number of carbonyl (C=O) groups excluding carboxylic acids is 1. The molecule has 0 aromatic heterocycles. The highest BCUT2D eigenvalue weighted by Crippen LogP contribution is 2.17. The predicted molar refractivity (Wildman–Crippen MR) is 98.8 cm³/mol. The summed E-state index contributed by atoms with van der Waals surface area (Å²) in [5.41, 5.74) is 1.27. The molecule has 23 heavy (non-hydrogen) atoms. The number of benzene rings is 1. The van der Waals surface area contributed by atoms with Crippen LogP contribution >= 0.6 is 11.8 Å². The highest BCUT2D eigenvalue weighted by atomic mass is 32.2. The van der Waals surface area contributed by atoms with Crippen LogP contribution in [0.2, 0.25) is 0 Å². The maximum absolute atomic E-state index is 12.1. The molecule has 0 saturated carbocycles. The Hall–Kier alpha value is -1.04. The summed E-state index contributed by atoms with van der Waals surface area (Å²) < 4.78 is 0. The minimum Gasteiger partial charge on any atom is -0.355 e. The van der Waals surface area contributed by atoms with Gasteiger partial charge in [-0.05, 0) is 32.5 Å². The van der Waals surface area contributed by atoms with Crippen LogP contribution < -0.4 is 5.32 Å². The summed E-state index contributed by atoms with van der Waals surface area (Å²) in [6, 6.07) is 10.3. The molecule has 1 saturated heterocycles. The fourth-order valence-corrected chi connectivity index (χ4v) is 3.47. The van der Waals surface area contributed by atoms with Crippen LogP contribution in [0, 0.1) is 0 Å². The Balaban J connectivity index is 1.55. The van der Waals surface area contributed by atoms with Crippen LogP contribution in [-0.2, 0) is 10.5 Å². The summed E-state index contributed by atoms with van der Waals surface area (Å²) >= 11 is 1.70. The molecular weight excluding hydrogens is 306 g/mol. The first-order valence-corrected chi connectivity index (χ1v) is 9.54. The second kappa shape index (κ2) is 9.96. The van der Waals surface area contributed by atoms with Crippen LogP contribution in [0.4, 0.5) is 0 Å². The standard InChI is InChI=1S/C18H29N3OS/c1-16(23-15-17-7-4-3-5-8-17)18(22)19-9-6-10-21-13-11-20(2)12-14-21/h3-5,7-8,16H,6,9-15H2,1-2H3,(H,19,22)/t16-/m1/s1. The van der Waals surface area contributed by atoms with Gasteiger partial charge < -0.3 is 15.1 Å². The molecular formula is C18H29N3OS. The number of carbonyl (C=O) groups is 1. The third-order valence-corrected chi connectivity index (χ3v) is 5.47. The fourth-order valence-electron chi connectivity index (χ4n) is 2.60. The molecule has 2 rings (SSSR count). The molecule has 1 aromatic carbocycles. The average Bonchev–Trinajstić information content (AvgIpc) is 2.59. The number of hydrogen-bond acceptors (Lipinski definition) is 4. The SMILES string of the molecule is C[C@@H](SCc1ccccc1)C(=O)NCCCN1CCN(C)CC1. The average molecular weight is 336 g/mol. The summed E-state index contributed by atoms with van der Waals surface area (Å²) in [5.74, 6) is 1.04. The maximum Gasteiger partial charge on any atom is 0.232 e. The van der Waals surface area contributed by atoms with Crippen molar-refractivity contribution < 1.29 is 4.79 Å². The monoisotopic (exact) mass is 335 g/mol. The molecule has 0 aliphatic carbocycles. The normalized spacial score (nSPS) is 17.8. The van der Waals surface area contributed by atoms with Gasteiger partial charge in [0.15, 0.2) is 0 Å². The number of nitrogens with zero attached hydrogens (tertiary/aromatic N) is 2. The van der Waals surface area contributed by atoms with Gasteiger partial charge in [-0.25, -0.2) is 0 Å². The van der Waals surface area contributed by atoms with Gasteiger partial charge in [-0.3, -0.25) is 4.79 Å². The molecule has 4 nitrogen and oxygen atoms in total. The van der Waals surface area contributed by atoms with Crippen molar-refractivity contribution >= 4 is 17.7 Å². The van der Waals surface area contributed by atoms with Gasteiger partial charge in [0, 0.05) is 38.5 Å². The van der Waals surface area contributed by atoms with Crippen LogP contribution in [0.15, 0.2) is 30.3 Å². The van der Waals surface area contributed by atoms with Crippen LogP contribution in [0.5, 0.6) is 0 Å². The summed E-state index contributed by atoms with van der Waals surface area (Å²) in [4.78, 5) is 17.0. The van der Waals surface area contributed by atoms with Gasteiger partial charge in [-0.15, -0.1) is 11.8 Å². The van der Waals surface area contributed by atoms with E-state index >= 15 is 0 Å². The minimum absolute atomic E-state index is 0.00107. The van der Waals surface area contributed by atoms with E-state index in [0.717, 1.165) is 51.4 Å². The zero-order chi connectivity index (χ0) is 16.5. The number of hydrogen-bond donors (Lipinski definition) is 1. The molecule has 0 spiro atoms. The lowest BCUT2D eigenvalue weighted by molar-refractivity contribution is -0.120. The molecule has 1 heterocycles. The van der Waals surface area contributed by atoms with E-state index in [-0.39, 0.29) is 11.2 Å². The van der Waals surface area contributed by atoms with Gasteiger partial charge >= 0.3 is 0 Å². The lowest BCUT2D eigenvalue weighted by Gasteiger charge is -2.32. The maximum atomic E-state index is 12.1. The lowest BCUT2D eigenvalue weighted by atomic mass is 10.2. The van der Waals surface area contributed by atoms with Gasteiger partial charge in [0.2, 0.25) is 5.91 Å². The van der Waals surface area contributed by atoms with Crippen molar-refractivity contribution in [2.45, 2.75) is 24.3 Å². The van der Waals surface area contributed by atoms with Gasteiger partial charge in [-0.1, -0.05) is 30.3 Å². The summed E-state index contributed by atoms with van der Waals surface area (Å²) in [5, 5.41) is 3.07. The number of amides is 1. The van der Waals surface area contributed by atoms with E-state index in [1.54, 1.807) is 11.8 Å². The fraction of sp³-hybridized carbons (Fsp3) is 0.611. The molecule has 0 radical (unpaired) electrons. The van der Waals surface area contributed by atoms with Crippen molar-refractivity contribution in [1.82, 2.24) is 15.1 Å². The lowest BCUT2D eigenvalue weighted by Crippen LogP contribution is -2.45. The number of piperazine rings is 1. The van der Waals surface area contributed by atoms with E-state index in [2.05, 4.69) is 34.3 Å². The molecule has 1 aliphatic heterocycles. The Kier molecular flexibility index (Phi) is 7.92. The van der Waals surface area contributed by atoms with E-state index in [4.69, 9.17) is 0 Å². The minimum atomic E-state index is -0.00107. The molecule has 1 amide bonds. The van der Waals surface area contributed by atoms with Crippen molar-refractivity contribution in [1.29, 1.82) is 0 Å². The molecule has 5 heteroatoms. The highest BCUT2D eigenvalue weighted by Gasteiger charge is 2.15. The number of thioether (sulfide) groups is 1.